The molecule has 1 fully saturated rings. The van der Waals surface area contributed by atoms with E-state index in [9.17, 15) is 0 Å². The Balaban J connectivity index is 1.68. The Morgan fingerprint density at radius 2 is 2.20 bits per heavy atom. The molecular formula is C20H33N3O2. The van der Waals surface area contributed by atoms with Gasteiger partial charge in [-0.25, -0.2) is 4.99 Å². The van der Waals surface area contributed by atoms with Gasteiger partial charge in [0.15, 0.2) is 5.96 Å². The molecule has 0 bridgehead atoms. The van der Waals surface area contributed by atoms with Gasteiger partial charge < -0.3 is 20.1 Å². The predicted octanol–water partition coefficient (Wildman–Crippen LogP) is 2.94. The van der Waals surface area contributed by atoms with Gasteiger partial charge in [0.05, 0.1) is 19.3 Å². The van der Waals surface area contributed by atoms with Crippen molar-refractivity contribution < 1.29 is 9.47 Å². The van der Waals surface area contributed by atoms with Crippen molar-refractivity contribution in [3.63, 3.8) is 0 Å². The van der Waals surface area contributed by atoms with E-state index in [-0.39, 0.29) is 0 Å². The summed E-state index contributed by atoms with van der Waals surface area (Å²) in [5, 5.41) is 6.68. The summed E-state index contributed by atoms with van der Waals surface area (Å²) in [6.45, 7) is 11.1. The third-order valence-electron chi connectivity index (χ3n) is 4.34. The summed E-state index contributed by atoms with van der Waals surface area (Å²) in [5.41, 5.74) is 3.85. The van der Waals surface area contributed by atoms with Crippen LogP contribution in [0, 0.1) is 13.8 Å². The summed E-state index contributed by atoms with van der Waals surface area (Å²) in [6.07, 6.45) is 3.57. The summed E-state index contributed by atoms with van der Waals surface area (Å²) in [6, 6.07) is 6.51. The van der Waals surface area contributed by atoms with Crippen LogP contribution in [-0.2, 0) is 16.0 Å². The standard InChI is InChI=1S/C20H33N3O2/c1-4-21-20(23-14-18-9-8-16(2)13-17(18)3)22-10-6-11-24-15-19-7-5-12-25-19/h8-9,13,19H,4-7,10-12,14-15H2,1-3H3,(H2,21,22,23). The average molecular weight is 348 g/mol. The molecule has 1 aliphatic rings. The van der Waals surface area contributed by atoms with E-state index in [1.54, 1.807) is 0 Å². The fourth-order valence-corrected chi connectivity index (χ4v) is 2.90. The molecule has 1 heterocycles. The Morgan fingerprint density at radius 1 is 1.32 bits per heavy atom. The SMILES string of the molecule is CCNC(=NCc1ccc(C)cc1C)NCCCOCC1CCCO1. The molecule has 1 saturated heterocycles. The molecule has 1 atom stereocenters. The molecule has 5 nitrogen and oxygen atoms in total. The number of benzene rings is 1. The first-order valence-corrected chi connectivity index (χ1v) is 9.46. The first kappa shape index (κ1) is 19.7. The molecule has 0 aliphatic carbocycles. The zero-order valence-corrected chi connectivity index (χ0v) is 15.9. The fraction of sp³-hybridized carbons (Fsp3) is 0.650. The smallest absolute Gasteiger partial charge is 0.191 e. The molecule has 1 aromatic carbocycles. The van der Waals surface area contributed by atoms with Crippen LogP contribution in [0.2, 0.25) is 0 Å². The Morgan fingerprint density at radius 3 is 2.92 bits per heavy atom. The number of aryl methyl sites for hydroxylation is 2. The van der Waals surface area contributed by atoms with Crippen LogP contribution in [0.3, 0.4) is 0 Å². The summed E-state index contributed by atoms with van der Waals surface area (Å²) in [7, 11) is 0. The van der Waals surface area contributed by atoms with Crippen molar-refractivity contribution in [2.45, 2.75) is 52.7 Å². The second-order valence-electron chi connectivity index (χ2n) is 6.62. The lowest BCUT2D eigenvalue weighted by atomic mass is 10.1. The van der Waals surface area contributed by atoms with Crippen LogP contribution in [0.4, 0.5) is 0 Å². The first-order valence-electron chi connectivity index (χ1n) is 9.46. The number of guanidine groups is 1. The molecular weight excluding hydrogens is 314 g/mol. The van der Waals surface area contributed by atoms with Crippen molar-refractivity contribution in [2.24, 2.45) is 4.99 Å². The minimum absolute atomic E-state index is 0.310. The lowest BCUT2D eigenvalue weighted by Gasteiger charge is -2.13. The van der Waals surface area contributed by atoms with Crippen LogP contribution >= 0.6 is 0 Å². The van der Waals surface area contributed by atoms with Crippen molar-refractivity contribution in [1.29, 1.82) is 0 Å². The Kier molecular flexibility index (Phi) is 8.77. The van der Waals surface area contributed by atoms with Crippen LogP contribution in [0.5, 0.6) is 0 Å². The van der Waals surface area contributed by atoms with Gasteiger partial charge in [0, 0.05) is 26.3 Å². The first-order chi connectivity index (χ1) is 12.2. The largest absolute Gasteiger partial charge is 0.379 e. The van der Waals surface area contributed by atoms with E-state index >= 15 is 0 Å². The maximum absolute atomic E-state index is 5.69. The molecule has 5 heteroatoms. The predicted molar refractivity (Wildman–Crippen MR) is 103 cm³/mol. The second-order valence-corrected chi connectivity index (χ2v) is 6.62. The van der Waals surface area contributed by atoms with Crippen LogP contribution in [0.25, 0.3) is 0 Å². The van der Waals surface area contributed by atoms with Gasteiger partial charge in [-0.2, -0.15) is 0 Å². The van der Waals surface area contributed by atoms with E-state index in [1.165, 1.54) is 23.1 Å². The number of hydrogen-bond acceptors (Lipinski definition) is 3. The molecule has 0 spiro atoms. The van der Waals surface area contributed by atoms with Gasteiger partial charge in [-0.3, -0.25) is 0 Å². The van der Waals surface area contributed by atoms with Crippen LogP contribution in [-0.4, -0.2) is 45.0 Å². The normalized spacial score (nSPS) is 17.7. The number of aliphatic imine (C=N–C) groups is 1. The van der Waals surface area contributed by atoms with Gasteiger partial charge in [-0.1, -0.05) is 23.8 Å². The zero-order chi connectivity index (χ0) is 17.9. The number of hydrogen-bond donors (Lipinski definition) is 2. The number of ether oxygens (including phenoxy) is 2. The van der Waals surface area contributed by atoms with E-state index in [1.807, 2.05) is 0 Å². The lowest BCUT2D eigenvalue weighted by Crippen LogP contribution is -2.38. The van der Waals surface area contributed by atoms with E-state index in [0.29, 0.717) is 12.6 Å². The summed E-state index contributed by atoms with van der Waals surface area (Å²) >= 11 is 0. The fourth-order valence-electron chi connectivity index (χ4n) is 2.90. The molecule has 1 aromatic rings. The highest BCUT2D eigenvalue weighted by Crippen LogP contribution is 2.12. The van der Waals surface area contributed by atoms with E-state index < -0.39 is 0 Å². The van der Waals surface area contributed by atoms with Gasteiger partial charge in [0.1, 0.15) is 0 Å². The Bertz CT molecular complexity index is 540. The Labute approximate surface area is 152 Å². The second kappa shape index (κ2) is 11.1. The van der Waals surface area contributed by atoms with E-state index in [2.05, 4.69) is 54.6 Å². The van der Waals surface area contributed by atoms with Gasteiger partial charge >= 0.3 is 0 Å². The molecule has 0 amide bonds. The van der Waals surface area contributed by atoms with Crippen molar-refractivity contribution in [3.05, 3.63) is 34.9 Å². The molecule has 1 unspecified atom stereocenters. The Hall–Kier alpha value is -1.59. The molecule has 2 N–H and O–H groups in total. The highest BCUT2D eigenvalue weighted by atomic mass is 16.5. The highest BCUT2D eigenvalue weighted by molar-refractivity contribution is 5.79. The highest BCUT2D eigenvalue weighted by Gasteiger charge is 2.14. The topological polar surface area (TPSA) is 54.9 Å². The minimum Gasteiger partial charge on any atom is -0.379 e. The molecule has 25 heavy (non-hydrogen) atoms. The number of rotatable bonds is 9. The van der Waals surface area contributed by atoms with Crippen LogP contribution < -0.4 is 10.6 Å². The molecule has 0 aromatic heterocycles. The molecule has 0 saturated carbocycles. The minimum atomic E-state index is 0.310. The van der Waals surface area contributed by atoms with E-state index in [0.717, 1.165) is 51.7 Å². The molecule has 0 radical (unpaired) electrons. The van der Waals surface area contributed by atoms with Crippen molar-refractivity contribution >= 4 is 5.96 Å². The molecule has 1 aliphatic heterocycles. The number of nitrogens with one attached hydrogen (secondary N) is 2. The maximum Gasteiger partial charge on any atom is 0.191 e. The van der Waals surface area contributed by atoms with Crippen molar-refractivity contribution in [1.82, 2.24) is 10.6 Å². The molecule has 2 rings (SSSR count). The lowest BCUT2D eigenvalue weighted by molar-refractivity contribution is 0.0168. The molecule has 140 valence electrons. The van der Waals surface area contributed by atoms with Crippen LogP contribution in [0.1, 0.15) is 42.9 Å². The van der Waals surface area contributed by atoms with Gasteiger partial charge in [-0.15, -0.1) is 0 Å². The summed E-state index contributed by atoms with van der Waals surface area (Å²) in [4.78, 5) is 4.69. The van der Waals surface area contributed by atoms with E-state index in [4.69, 9.17) is 9.47 Å². The summed E-state index contributed by atoms with van der Waals surface area (Å²) in [5.74, 6) is 0.863. The average Bonchev–Trinajstić information content (AvgIpc) is 3.10. The maximum atomic E-state index is 5.69. The van der Waals surface area contributed by atoms with Gasteiger partial charge in [-0.05, 0) is 51.2 Å². The summed E-state index contributed by atoms with van der Waals surface area (Å²) < 4.78 is 11.2. The third-order valence-corrected chi connectivity index (χ3v) is 4.34. The van der Waals surface area contributed by atoms with Crippen LogP contribution in [0.15, 0.2) is 23.2 Å². The van der Waals surface area contributed by atoms with Crippen molar-refractivity contribution in [2.75, 3.05) is 32.9 Å². The van der Waals surface area contributed by atoms with Crippen molar-refractivity contribution in [3.8, 4) is 0 Å². The quantitative estimate of drug-likeness (QED) is 0.410. The zero-order valence-electron chi connectivity index (χ0n) is 15.9. The van der Waals surface area contributed by atoms with Gasteiger partial charge in [0.2, 0.25) is 0 Å². The third kappa shape index (κ3) is 7.45. The van der Waals surface area contributed by atoms with Gasteiger partial charge in [0.25, 0.3) is 0 Å². The monoisotopic (exact) mass is 347 g/mol. The number of nitrogens with zero attached hydrogens (tertiary/aromatic N) is 1.